The van der Waals surface area contributed by atoms with Crippen LogP contribution in [0.3, 0.4) is 0 Å². The van der Waals surface area contributed by atoms with E-state index in [9.17, 15) is 4.79 Å². The number of aliphatic carboxylic acids is 1. The molecule has 0 spiro atoms. The lowest BCUT2D eigenvalue weighted by Gasteiger charge is -2.13. The van der Waals surface area contributed by atoms with E-state index in [1.165, 1.54) is 0 Å². The largest absolute Gasteiger partial charge is 0.480 e. The van der Waals surface area contributed by atoms with E-state index >= 15 is 0 Å². The molecule has 0 saturated carbocycles. The second-order valence-corrected chi connectivity index (χ2v) is 3.11. The molecule has 0 rings (SSSR count). The Morgan fingerprint density at radius 1 is 1.69 bits per heavy atom. The minimum Gasteiger partial charge on any atom is -0.480 e. The Hall–Kier alpha value is -1.26. The molecule has 0 aliphatic carbocycles. The van der Waals surface area contributed by atoms with E-state index < -0.39 is 12.0 Å². The SMILES string of the molecule is CC(C)CNC(CN=[N+]=[N-])C(=O)O. The highest BCUT2D eigenvalue weighted by atomic mass is 16.4. The van der Waals surface area contributed by atoms with E-state index in [1.807, 2.05) is 13.8 Å². The maximum absolute atomic E-state index is 10.6. The minimum atomic E-state index is -0.993. The highest BCUT2D eigenvalue weighted by molar-refractivity contribution is 5.73. The predicted octanol–water partition coefficient (Wildman–Crippen LogP) is 0.995. The van der Waals surface area contributed by atoms with Gasteiger partial charge in [-0.1, -0.05) is 19.0 Å². The fraction of sp³-hybridized carbons (Fsp3) is 0.857. The monoisotopic (exact) mass is 186 g/mol. The van der Waals surface area contributed by atoms with E-state index in [4.69, 9.17) is 10.6 Å². The van der Waals surface area contributed by atoms with Gasteiger partial charge in [0.15, 0.2) is 0 Å². The van der Waals surface area contributed by atoms with Crippen molar-refractivity contribution in [2.45, 2.75) is 19.9 Å². The Bertz CT molecular complexity index is 211. The summed E-state index contributed by atoms with van der Waals surface area (Å²) in [5.41, 5.74) is 8.01. The van der Waals surface area contributed by atoms with E-state index in [-0.39, 0.29) is 6.54 Å². The first-order chi connectivity index (χ1) is 6.07. The summed E-state index contributed by atoms with van der Waals surface area (Å²) in [5.74, 6) is -0.624. The summed E-state index contributed by atoms with van der Waals surface area (Å²) in [5, 5.41) is 14.7. The van der Waals surface area contributed by atoms with Crippen molar-refractivity contribution in [3.63, 3.8) is 0 Å². The van der Waals surface area contributed by atoms with Crippen LogP contribution in [-0.2, 0) is 4.79 Å². The molecule has 74 valence electrons. The quantitative estimate of drug-likeness (QED) is 0.367. The lowest BCUT2D eigenvalue weighted by Crippen LogP contribution is -2.40. The Kier molecular flexibility index (Phi) is 5.67. The summed E-state index contributed by atoms with van der Waals surface area (Å²) >= 11 is 0. The van der Waals surface area contributed by atoms with Gasteiger partial charge < -0.3 is 10.4 Å². The van der Waals surface area contributed by atoms with Crippen molar-refractivity contribution in [2.24, 2.45) is 11.0 Å². The van der Waals surface area contributed by atoms with Gasteiger partial charge in [-0.3, -0.25) is 4.79 Å². The third-order valence-electron chi connectivity index (χ3n) is 1.40. The van der Waals surface area contributed by atoms with Crippen molar-refractivity contribution in [1.29, 1.82) is 0 Å². The Labute approximate surface area is 76.6 Å². The van der Waals surface area contributed by atoms with Gasteiger partial charge in [-0.25, -0.2) is 0 Å². The molecule has 0 bridgehead atoms. The number of nitrogens with zero attached hydrogens (tertiary/aromatic N) is 3. The van der Waals surface area contributed by atoms with E-state index in [0.717, 1.165) is 0 Å². The van der Waals surface area contributed by atoms with Crippen LogP contribution in [0, 0.1) is 5.92 Å². The van der Waals surface area contributed by atoms with Crippen LogP contribution in [0.2, 0.25) is 0 Å². The summed E-state index contributed by atoms with van der Waals surface area (Å²) in [6.45, 7) is 4.48. The van der Waals surface area contributed by atoms with Crippen molar-refractivity contribution in [3.8, 4) is 0 Å². The number of carboxylic acids is 1. The summed E-state index contributed by atoms with van der Waals surface area (Å²) in [6, 6.07) is -0.779. The zero-order chi connectivity index (χ0) is 10.3. The van der Waals surface area contributed by atoms with Crippen LogP contribution in [0.1, 0.15) is 13.8 Å². The van der Waals surface area contributed by atoms with Crippen LogP contribution < -0.4 is 5.32 Å². The normalized spacial score (nSPS) is 12.2. The second-order valence-electron chi connectivity index (χ2n) is 3.11. The van der Waals surface area contributed by atoms with Gasteiger partial charge in [-0.15, -0.1) is 0 Å². The number of rotatable bonds is 6. The fourth-order valence-electron chi connectivity index (χ4n) is 0.726. The molecule has 1 unspecified atom stereocenters. The van der Waals surface area contributed by atoms with E-state index in [0.29, 0.717) is 12.5 Å². The van der Waals surface area contributed by atoms with Gasteiger partial charge >= 0.3 is 5.97 Å². The molecule has 0 radical (unpaired) electrons. The predicted molar refractivity (Wildman–Crippen MR) is 48.3 cm³/mol. The average Bonchev–Trinajstić information content (AvgIpc) is 2.03. The van der Waals surface area contributed by atoms with E-state index in [1.54, 1.807) is 0 Å². The molecular weight excluding hydrogens is 172 g/mol. The molecule has 0 aromatic rings. The molecule has 0 heterocycles. The van der Waals surface area contributed by atoms with Crippen LogP contribution in [0.4, 0.5) is 0 Å². The Balaban J connectivity index is 3.94. The van der Waals surface area contributed by atoms with Gasteiger partial charge in [0.25, 0.3) is 0 Å². The van der Waals surface area contributed by atoms with Crippen molar-refractivity contribution < 1.29 is 9.90 Å². The van der Waals surface area contributed by atoms with Crippen molar-refractivity contribution in [3.05, 3.63) is 10.4 Å². The van der Waals surface area contributed by atoms with Gasteiger partial charge in [-0.2, -0.15) is 0 Å². The number of nitrogens with one attached hydrogen (secondary N) is 1. The smallest absolute Gasteiger partial charge is 0.320 e. The fourth-order valence-corrected chi connectivity index (χ4v) is 0.726. The number of carboxylic acid groups (broad SMARTS) is 1. The summed E-state index contributed by atoms with van der Waals surface area (Å²) in [7, 11) is 0. The molecule has 0 aliphatic rings. The summed E-state index contributed by atoms with van der Waals surface area (Å²) in [4.78, 5) is 13.1. The molecule has 0 amide bonds. The molecule has 2 N–H and O–H groups in total. The second kappa shape index (κ2) is 6.28. The number of hydrogen-bond donors (Lipinski definition) is 2. The Morgan fingerprint density at radius 3 is 2.69 bits per heavy atom. The highest BCUT2D eigenvalue weighted by Crippen LogP contribution is 1.92. The first-order valence-electron chi connectivity index (χ1n) is 4.05. The summed E-state index contributed by atoms with van der Waals surface area (Å²) in [6.07, 6.45) is 0. The number of hydrogen-bond acceptors (Lipinski definition) is 3. The molecular formula is C7H14N4O2. The third kappa shape index (κ3) is 5.95. The molecule has 6 nitrogen and oxygen atoms in total. The first kappa shape index (κ1) is 11.7. The molecule has 1 atom stereocenters. The van der Waals surface area contributed by atoms with Crippen molar-refractivity contribution in [1.82, 2.24) is 5.32 Å². The molecule has 0 saturated heterocycles. The van der Waals surface area contributed by atoms with Crippen LogP contribution in [-0.4, -0.2) is 30.2 Å². The maximum atomic E-state index is 10.6. The molecule has 6 heteroatoms. The maximum Gasteiger partial charge on any atom is 0.320 e. The first-order valence-corrected chi connectivity index (χ1v) is 4.05. The lowest BCUT2D eigenvalue weighted by atomic mass is 10.2. The molecule has 13 heavy (non-hydrogen) atoms. The number of azide groups is 1. The average molecular weight is 186 g/mol. The Morgan fingerprint density at radius 2 is 2.31 bits per heavy atom. The van der Waals surface area contributed by atoms with Gasteiger partial charge in [0.1, 0.15) is 6.04 Å². The van der Waals surface area contributed by atoms with Crippen LogP contribution in [0.25, 0.3) is 10.4 Å². The van der Waals surface area contributed by atoms with Crippen LogP contribution in [0.5, 0.6) is 0 Å². The standard InChI is InChI=1S/C7H14N4O2/c1-5(2)3-9-6(7(12)13)4-10-11-8/h5-6,9H,3-4H2,1-2H3,(H,12,13). The number of carbonyl (C=O) groups is 1. The topological polar surface area (TPSA) is 98.1 Å². The van der Waals surface area contributed by atoms with Crippen molar-refractivity contribution >= 4 is 5.97 Å². The van der Waals surface area contributed by atoms with Gasteiger partial charge in [0.05, 0.1) is 6.54 Å². The van der Waals surface area contributed by atoms with Crippen LogP contribution in [0.15, 0.2) is 5.11 Å². The lowest BCUT2D eigenvalue weighted by molar-refractivity contribution is -0.139. The van der Waals surface area contributed by atoms with Crippen LogP contribution >= 0.6 is 0 Å². The zero-order valence-corrected chi connectivity index (χ0v) is 7.77. The third-order valence-corrected chi connectivity index (χ3v) is 1.40. The summed E-state index contributed by atoms with van der Waals surface area (Å²) < 4.78 is 0. The molecule has 0 aromatic heterocycles. The molecule has 0 fully saturated rings. The van der Waals surface area contributed by atoms with Gasteiger partial charge in [0, 0.05) is 4.91 Å². The minimum absolute atomic E-state index is 0.0570. The van der Waals surface area contributed by atoms with E-state index in [2.05, 4.69) is 15.3 Å². The highest BCUT2D eigenvalue weighted by Gasteiger charge is 2.15. The van der Waals surface area contributed by atoms with Crippen molar-refractivity contribution in [2.75, 3.05) is 13.1 Å². The molecule has 0 aromatic carbocycles. The van der Waals surface area contributed by atoms with Gasteiger partial charge in [0.2, 0.25) is 0 Å². The zero-order valence-electron chi connectivity index (χ0n) is 7.77. The molecule has 0 aliphatic heterocycles. The van der Waals surface area contributed by atoms with Gasteiger partial charge in [-0.05, 0) is 18.0 Å².